The van der Waals surface area contributed by atoms with Crippen LogP contribution in [0.5, 0.6) is 0 Å². The third-order valence-corrected chi connectivity index (χ3v) is 2.69. The molecule has 0 aromatic carbocycles. The summed E-state index contributed by atoms with van der Waals surface area (Å²) in [6.07, 6.45) is 0. The zero-order chi connectivity index (χ0) is 11.5. The maximum atomic E-state index is 11.9. The van der Waals surface area contributed by atoms with Crippen LogP contribution in [0.4, 0.5) is 0 Å². The Labute approximate surface area is 106 Å². The largest absolute Gasteiger partial charge is 0.377 e. The Kier molecular flexibility index (Phi) is 4.92. The van der Waals surface area contributed by atoms with Gasteiger partial charge in [-0.1, -0.05) is 5.16 Å². The van der Waals surface area contributed by atoms with Gasteiger partial charge in [-0.2, -0.15) is 0 Å². The van der Waals surface area contributed by atoms with Crippen molar-refractivity contribution in [3.8, 4) is 0 Å². The summed E-state index contributed by atoms with van der Waals surface area (Å²) in [6.45, 7) is 2.00. The first kappa shape index (κ1) is 14.0. The SMILES string of the molecule is COCc1cc(C(=O)N(C)C2CNC2)no1.Cl. The second-order valence-electron chi connectivity index (χ2n) is 3.84. The normalized spacial score (nSPS) is 14.9. The highest BCUT2D eigenvalue weighted by Crippen LogP contribution is 2.10. The molecule has 0 atom stereocenters. The fourth-order valence-electron chi connectivity index (χ4n) is 1.52. The van der Waals surface area contributed by atoms with Crippen molar-refractivity contribution in [1.82, 2.24) is 15.4 Å². The topological polar surface area (TPSA) is 67.6 Å². The highest BCUT2D eigenvalue weighted by Gasteiger charge is 2.27. The maximum Gasteiger partial charge on any atom is 0.276 e. The van der Waals surface area contributed by atoms with Gasteiger partial charge in [0.25, 0.3) is 5.91 Å². The standard InChI is InChI=1S/C10H15N3O3.ClH/c1-13(7-4-11-5-7)10(14)9-3-8(6-15-2)16-12-9;/h3,7,11H,4-6H2,1-2H3;1H. The summed E-state index contributed by atoms with van der Waals surface area (Å²) in [6, 6.07) is 1.88. The predicted molar refractivity (Wildman–Crippen MR) is 63.2 cm³/mol. The fourth-order valence-corrected chi connectivity index (χ4v) is 1.52. The van der Waals surface area contributed by atoms with Gasteiger partial charge in [0.1, 0.15) is 6.61 Å². The lowest BCUT2D eigenvalue weighted by Gasteiger charge is -2.35. The van der Waals surface area contributed by atoms with Crippen LogP contribution < -0.4 is 5.32 Å². The minimum atomic E-state index is -0.113. The van der Waals surface area contributed by atoms with E-state index in [9.17, 15) is 4.79 Å². The van der Waals surface area contributed by atoms with Gasteiger partial charge in [0.15, 0.2) is 11.5 Å². The number of nitrogens with one attached hydrogen (secondary N) is 1. The van der Waals surface area contributed by atoms with Crippen LogP contribution in [-0.2, 0) is 11.3 Å². The molecule has 1 saturated heterocycles. The molecular weight excluding hydrogens is 246 g/mol. The van der Waals surface area contributed by atoms with E-state index in [0.29, 0.717) is 18.1 Å². The molecule has 6 nitrogen and oxygen atoms in total. The number of hydrogen-bond donors (Lipinski definition) is 1. The molecule has 2 rings (SSSR count). The van der Waals surface area contributed by atoms with E-state index in [1.165, 1.54) is 0 Å². The molecule has 1 aromatic heterocycles. The molecule has 0 saturated carbocycles. The molecule has 0 bridgehead atoms. The lowest BCUT2D eigenvalue weighted by molar-refractivity contribution is 0.0670. The number of carbonyl (C=O) groups is 1. The number of hydrogen-bond acceptors (Lipinski definition) is 5. The van der Waals surface area contributed by atoms with Crippen molar-refractivity contribution in [3.05, 3.63) is 17.5 Å². The summed E-state index contributed by atoms with van der Waals surface area (Å²) in [4.78, 5) is 13.6. The van der Waals surface area contributed by atoms with E-state index in [1.807, 2.05) is 0 Å². The number of carbonyl (C=O) groups excluding carboxylic acids is 1. The van der Waals surface area contributed by atoms with Gasteiger partial charge < -0.3 is 19.5 Å². The molecule has 7 heteroatoms. The van der Waals surface area contributed by atoms with Crippen LogP contribution >= 0.6 is 12.4 Å². The molecule has 1 aliphatic heterocycles. The summed E-state index contributed by atoms with van der Waals surface area (Å²) in [5.41, 5.74) is 0.335. The quantitative estimate of drug-likeness (QED) is 0.844. The molecule has 0 unspecified atom stereocenters. The van der Waals surface area contributed by atoms with E-state index in [4.69, 9.17) is 9.26 Å². The van der Waals surface area contributed by atoms with Gasteiger partial charge >= 0.3 is 0 Å². The fraction of sp³-hybridized carbons (Fsp3) is 0.600. The van der Waals surface area contributed by atoms with Gasteiger partial charge in [-0.3, -0.25) is 4.79 Å². The molecule has 1 aliphatic rings. The van der Waals surface area contributed by atoms with Gasteiger partial charge in [0.2, 0.25) is 0 Å². The summed E-state index contributed by atoms with van der Waals surface area (Å²) in [7, 11) is 3.34. The van der Waals surface area contributed by atoms with Crippen LogP contribution in [0.3, 0.4) is 0 Å². The highest BCUT2D eigenvalue weighted by atomic mass is 35.5. The van der Waals surface area contributed by atoms with Crippen molar-refractivity contribution in [3.63, 3.8) is 0 Å². The Morgan fingerprint density at radius 3 is 2.94 bits per heavy atom. The van der Waals surface area contributed by atoms with Crippen molar-refractivity contribution in [2.45, 2.75) is 12.6 Å². The highest BCUT2D eigenvalue weighted by molar-refractivity contribution is 5.92. The number of aromatic nitrogens is 1. The van der Waals surface area contributed by atoms with E-state index < -0.39 is 0 Å². The number of ether oxygens (including phenoxy) is 1. The van der Waals surface area contributed by atoms with Crippen LogP contribution in [0.1, 0.15) is 16.2 Å². The minimum Gasteiger partial charge on any atom is -0.377 e. The van der Waals surface area contributed by atoms with E-state index in [2.05, 4.69) is 10.5 Å². The number of likely N-dealkylation sites (N-methyl/N-ethyl adjacent to an activating group) is 1. The van der Waals surface area contributed by atoms with Gasteiger partial charge in [-0.15, -0.1) is 12.4 Å². The molecule has 1 amide bonds. The van der Waals surface area contributed by atoms with Gasteiger partial charge in [-0.25, -0.2) is 0 Å². The minimum absolute atomic E-state index is 0. The van der Waals surface area contributed by atoms with E-state index in [-0.39, 0.29) is 24.4 Å². The molecule has 1 fully saturated rings. The summed E-state index contributed by atoms with van der Waals surface area (Å²) >= 11 is 0. The molecule has 0 spiro atoms. The first-order valence-electron chi connectivity index (χ1n) is 5.14. The Balaban J connectivity index is 0.00000144. The molecule has 2 heterocycles. The number of rotatable bonds is 4. The second-order valence-corrected chi connectivity index (χ2v) is 3.84. The van der Waals surface area contributed by atoms with E-state index in [1.54, 1.807) is 25.1 Å². The molecule has 1 aromatic rings. The van der Waals surface area contributed by atoms with Gasteiger partial charge in [0.05, 0.1) is 6.04 Å². The molecule has 96 valence electrons. The van der Waals surface area contributed by atoms with Crippen molar-refractivity contribution >= 4 is 18.3 Å². The zero-order valence-electron chi connectivity index (χ0n) is 9.80. The Hall–Kier alpha value is -1.11. The Morgan fingerprint density at radius 1 is 1.71 bits per heavy atom. The lowest BCUT2D eigenvalue weighted by atomic mass is 10.1. The number of nitrogens with zero attached hydrogens (tertiary/aromatic N) is 2. The molecular formula is C10H16ClN3O3. The molecule has 0 aliphatic carbocycles. The van der Waals surface area contributed by atoms with E-state index in [0.717, 1.165) is 13.1 Å². The van der Waals surface area contributed by atoms with Gasteiger partial charge in [-0.05, 0) is 0 Å². The summed E-state index contributed by atoms with van der Waals surface area (Å²) < 4.78 is 9.86. The van der Waals surface area contributed by atoms with Crippen LogP contribution in [0, 0.1) is 0 Å². The first-order valence-corrected chi connectivity index (χ1v) is 5.14. The Bertz CT molecular complexity index is 379. The average Bonchev–Trinajstić information content (AvgIpc) is 2.63. The Morgan fingerprint density at radius 2 is 2.41 bits per heavy atom. The number of halogens is 1. The third-order valence-electron chi connectivity index (χ3n) is 2.69. The lowest BCUT2D eigenvalue weighted by Crippen LogP contribution is -2.57. The third kappa shape index (κ3) is 2.96. The maximum absolute atomic E-state index is 11.9. The predicted octanol–water partition coefficient (Wildman–Crippen LogP) is 0.287. The second kappa shape index (κ2) is 6.00. The van der Waals surface area contributed by atoms with Crippen LogP contribution in [0.25, 0.3) is 0 Å². The number of methoxy groups -OCH3 is 1. The average molecular weight is 262 g/mol. The first-order chi connectivity index (χ1) is 7.72. The monoisotopic (exact) mass is 261 g/mol. The summed E-state index contributed by atoms with van der Waals surface area (Å²) in [5.74, 6) is 0.448. The van der Waals surface area contributed by atoms with Crippen molar-refractivity contribution in [2.75, 3.05) is 27.2 Å². The van der Waals surface area contributed by atoms with Crippen LogP contribution in [0.15, 0.2) is 10.6 Å². The van der Waals surface area contributed by atoms with Crippen molar-refractivity contribution < 1.29 is 14.1 Å². The van der Waals surface area contributed by atoms with Crippen LogP contribution in [0.2, 0.25) is 0 Å². The summed E-state index contributed by atoms with van der Waals surface area (Å²) in [5, 5.41) is 6.85. The number of amides is 1. The van der Waals surface area contributed by atoms with Gasteiger partial charge in [0, 0.05) is 33.3 Å². The van der Waals surface area contributed by atoms with Crippen molar-refractivity contribution in [1.29, 1.82) is 0 Å². The van der Waals surface area contributed by atoms with Crippen molar-refractivity contribution in [2.24, 2.45) is 0 Å². The molecule has 0 radical (unpaired) electrons. The molecule has 1 N–H and O–H groups in total. The van der Waals surface area contributed by atoms with E-state index >= 15 is 0 Å². The van der Waals surface area contributed by atoms with Crippen LogP contribution in [-0.4, -0.2) is 49.3 Å². The smallest absolute Gasteiger partial charge is 0.276 e. The molecule has 17 heavy (non-hydrogen) atoms. The zero-order valence-corrected chi connectivity index (χ0v) is 10.6.